The lowest BCUT2D eigenvalue weighted by molar-refractivity contribution is -0.116. The van der Waals surface area contributed by atoms with E-state index in [9.17, 15) is 9.59 Å². The van der Waals surface area contributed by atoms with Gasteiger partial charge in [-0.15, -0.1) is 0 Å². The SMILES string of the molecule is CCc1ccc(NC(=O)c2oc3ccccc3c2NC(=O)C2c3ccccc3Oc3ccccc32)cc1. The first-order valence-corrected chi connectivity index (χ1v) is 12.2. The molecule has 0 bridgehead atoms. The summed E-state index contributed by atoms with van der Waals surface area (Å²) in [6.07, 6.45) is 0.909. The van der Waals surface area contributed by atoms with Crippen molar-refractivity contribution >= 4 is 34.2 Å². The lowest BCUT2D eigenvalue weighted by Crippen LogP contribution is -2.26. The summed E-state index contributed by atoms with van der Waals surface area (Å²) in [4.78, 5) is 27.2. The lowest BCUT2D eigenvalue weighted by Gasteiger charge is -2.27. The number of amides is 2. The van der Waals surface area contributed by atoms with Crippen molar-refractivity contribution in [2.45, 2.75) is 19.3 Å². The molecule has 0 saturated carbocycles. The third-order valence-corrected chi connectivity index (χ3v) is 6.61. The molecule has 0 unspecified atom stereocenters. The minimum atomic E-state index is -0.618. The van der Waals surface area contributed by atoms with Crippen LogP contribution in [0, 0.1) is 0 Å². The molecule has 6 heteroatoms. The molecule has 0 spiro atoms. The summed E-state index contributed by atoms with van der Waals surface area (Å²) in [5, 5.41) is 6.56. The third kappa shape index (κ3) is 4.12. The average molecular weight is 489 g/mol. The summed E-state index contributed by atoms with van der Waals surface area (Å²) in [7, 11) is 0. The Labute approximate surface area is 213 Å². The number of anilines is 2. The molecule has 2 N–H and O–H groups in total. The van der Waals surface area contributed by atoms with E-state index in [4.69, 9.17) is 9.15 Å². The van der Waals surface area contributed by atoms with Crippen molar-refractivity contribution < 1.29 is 18.7 Å². The topological polar surface area (TPSA) is 80.6 Å². The van der Waals surface area contributed by atoms with E-state index in [1.807, 2.05) is 91.0 Å². The molecular weight excluding hydrogens is 464 g/mol. The van der Waals surface area contributed by atoms with Crippen LogP contribution in [0.5, 0.6) is 11.5 Å². The maximum Gasteiger partial charge on any atom is 0.293 e. The lowest BCUT2D eigenvalue weighted by atomic mass is 9.87. The van der Waals surface area contributed by atoms with Crippen LogP contribution in [0.4, 0.5) is 11.4 Å². The minimum Gasteiger partial charge on any atom is -0.457 e. The van der Waals surface area contributed by atoms with Crippen LogP contribution in [0.15, 0.2) is 101 Å². The quantitative estimate of drug-likeness (QED) is 0.276. The number of fused-ring (bicyclic) bond motifs is 3. The molecule has 0 atom stereocenters. The van der Waals surface area contributed by atoms with Gasteiger partial charge in [0.1, 0.15) is 22.8 Å². The number of rotatable bonds is 5. The molecule has 0 saturated heterocycles. The second-order valence-corrected chi connectivity index (χ2v) is 8.91. The number of hydrogen-bond donors (Lipinski definition) is 2. The fourth-order valence-electron chi connectivity index (χ4n) is 4.73. The van der Waals surface area contributed by atoms with Gasteiger partial charge in [0.15, 0.2) is 0 Å². The van der Waals surface area contributed by atoms with E-state index in [1.54, 1.807) is 6.07 Å². The van der Waals surface area contributed by atoms with Gasteiger partial charge in [-0.1, -0.05) is 67.6 Å². The number of carbonyl (C=O) groups excluding carboxylic acids is 2. The largest absolute Gasteiger partial charge is 0.457 e. The Kier molecular flexibility index (Phi) is 5.69. The predicted molar refractivity (Wildman–Crippen MR) is 143 cm³/mol. The fraction of sp³-hybridized carbons (Fsp3) is 0.0968. The van der Waals surface area contributed by atoms with Crippen molar-refractivity contribution in [2.24, 2.45) is 0 Å². The smallest absolute Gasteiger partial charge is 0.293 e. The zero-order chi connectivity index (χ0) is 25.4. The Hall–Kier alpha value is -4.84. The number of nitrogens with one attached hydrogen (secondary N) is 2. The monoisotopic (exact) mass is 488 g/mol. The van der Waals surface area contributed by atoms with Crippen LogP contribution in [0.3, 0.4) is 0 Å². The highest BCUT2D eigenvalue weighted by Crippen LogP contribution is 2.45. The first kappa shape index (κ1) is 22.6. The van der Waals surface area contributed by atoms with E-state index in [-0.39, 0.29) is 11.7 Å². The van der Waals surface area contributed by atoms with Gasteiger partial charge in [-0.05, 0) is 48.4 Å². The average Bonchev–Trinajstić information content (AvgIpc) is 3.30. The van der Waals surface area contributed by atoms with Gasteiger partial charge in [0.25, 0.3) is 5.91 Å². The number of furan rings is 1. The number of benzene rings is 4. The molecule has 2 amide bonds. The number of hydrogen-bond acceptors (Lipinski definition) is 4. The molecule has 37 heavy (non-hydrogen) atoms. The molecular formula is C31H24N2O4. The molecule has 182 valence electrons. The van der Waals surface area contributed by atoms with Crippen molar-refractivity contribution in [1.82, 2.24) is 0 Å². The fourth-order valence-corrected chi connectivity index (χ4v) is 4.73. The van der Waals surface area contributed by atoms with E-state index < -0.39 is 11.8 Å². The van der Waals surface area contributed by atoms with Crippen LogP contribution in [0.25, 0.3) is 11.0 Å². The van der Waals surface area contributed by atoms with E-state index in [0.717, 1.165) is 17.5 Å². The van der Waals surface area contributed by atoms with Crippen LogP contribution in [-0.2, 0) is 11.2 Å². The van der Waals surface area contributed by atoms with Crippen LogP contribution >= 0.6 is 0 Å². The van der Waals surface area contributed by atoms with Gasteiger partial charge in [0.05, 0.1) is 5.92 Å². The maximum absolute atomic E-state index is 13.9. The highest BCUT2D eigenvalue weighted by atomic mass is 16.5. The zero-order valence-electron chi connectivity index (χ0n) is 20.2. The third-order valence-electron chi connectivity index (χ3n) is 6.61. The van der Waals surface area contributed by atoms with E-state index >= 15 is 0 Å². The number of carbonyl (C=O) groups is 2. The first-order chi connectivity index (χ1) is 18.1. The van der Waals surface area contributed by atoms with Gasteiger partial charge in [0.2, 0.25) is 11.7 Å². The van der Waals surface area contributed by atoms with Crippen LogP contribution in [-0.4, -0.2) is 11.8 Å². The van der Waals surface area contributed by atoms with Gasteiger partial charge < -0.3 is 19.8 Å². The molecule has 6 rings (SSSR count). The normalized spacial score (nSPS) is 12.4. The van der Waals surface area contributed by atoms with E-state index in [1.165, 1.54) is 5.56 Å². The predicted octanol–water partition coefficient (Wildman–Crippen LogP) is 7.12. The molecule has 5 aromatic rings. The number of aryl methyl sites for hydroxylation is 1. The van der Waals surface area contributed by atoms with Crippen molar-refractivity contribution in [1.29, 1.82) is 0 Å². The Morgan fingerprint density at radius 3 is 2.05 bits per heavy atom. The Balaban J connectivity index is 1.38. The number of para-hydroxylation sites is 3. The Bertz CT molecular complexity index is 1590. The second kappa shape index (κ2) is 9.32. The van der Waals surface area contributed by atoms with Crippen LogP contribution < -0.4 is 15.4 Å². The van der Waals surface area contributed by atoms with Crippen molar-refractivity contribution in [3.05, 3.63) is 120 Å². The van der Waals surface area contributed by atoms with Gasteiger partial charge in [-0.3, -0.25) is 9.59 Å². The van der Waals surface area contributed by atoms with Crippen LogP contribution in [0.2, 0.25) is 0 Å². The Morgan fingerprint density at radius 1 is 0.757 bits per heavy atom. The van der Waals surface area contributed by atoms with Crippen LogP contribution in [0.1, 0.15) is 40.1 Å². The molecule has 4 aromatic carbocycles. The highest BCUT2D eigenvalue weighted by Gasteiger charge is 2.34. The summed E-state index contributed by atoms with van der Waals surface area (Å²) >= 11 is 0. The summed E-state index contributed by atoms with van der Waals surface area (Å²) in [6.45, 7) is 2.08. The highest BCUT2D eigenvalue weighted by molar-refractivity contribution is 6.15. The van der Waals surface area contributed by atoms with Gasteiger partial charge >= 0.3 is 0 Å². The Morgan fingerprint density at radius 2 is 1.38 bits per heavy atom. The van der Waals surface area contributed by atoms with E-state index in [2.05, 4.69) is 17.6 Å². The second-order valence-electron chi connectivity index (χ2n) is 8.91. The molecule has 1 aliphatic rings. The summed E-state index contributed by atoms with van der Waals surface area (Å²) in [5.41, 5.74) is 4.18. The molecule has 0 fully saturated rings. The molecule has 0 radical (unpaired) electrons. The molecule has 2 heterocycles. The van der Waals surface area contributed by atoms with E-state index in [0.29, 0.717) is 33.8 Å². The molecule has 1 aromatic heterocycles. The summed E-state index contributed by atoms with van der Waals surface area (Å²) in [5.74, 6) is -0.0338. The summed E-state index contributed by atoms with van der Waals surface area (Å²) in [6, 6.07) is 29.9. The molecule has 1 aliphatic heterocycles. The van der Waals surface area contributed by atoms with Crippen molar-refractivity contribution in [3.8, 4) is 11.5 Å². The molecule has 0 aliphatic carbocycles. The van der Waals surface area contributed by atoms with Gasteiger partial charge in [-0.25, -0.2) is 0 Å². The maximum atomic E-state index is 13.9. The zero-order valence-corrected chi connectivity index (χ0v) is 20.2. The standard InChI is InChI=1S/C31H24N2O4/c1-2-19-15-17-20(18-16-19)32-31(35)29-28(23-11-5-8-14-26(23)37-29)33-30(34)27-21-9-3-6-12-24(21)36-25-13-7-4-10-22(25)27/h3-18,27H,2H2,1H3,(H,32,35)(H,33,34). The number of ether oxygens (including phenoxy) is 1. The van der Waals surface area contributed by atoms with Crippen molar-refractivity contribution in [3.63, 3.8) is 0 Å². The van der Waals surface area contributed by atoms with Crippen molar-refractivity contribution in [2.75, 3.05) is 10.6 Å². The summed E-state index contributed by atoms with van der Waals surface area (Å²) < 4.78 is 12.0. The van der Waals surface area contributed by atoms with Gasteiger partial charge in [0, 0.05) is 22.2 Å². The molecule has 6 nitrogen and oxygen atoms in total. The van der Waals surface area contributed by atoms with Gasteiger partial charge in [-0.2, -0.15) is 0 Å². The first-order valence-electron chi connectivity index (χ1n) is 12.2. The minimum absolute atomic E-state index is 0.0442.